The van der Waals surface area contributed by atoms with Gasteiger partial charge in [-0.2, -0.15) is 0 Å². The van der Waals surface area contributed by atoms with Crippen LogP contribution in [0.3, 0.4) is 0 Å². The first-order valence-corrected chi connectivity index (χ1v) is 10.3. The summed E-state index contributed by atoms with van der Waals surface area (Å²) in [7, 11) is 0. The van der Waals surface area contributed by atoms with Crippen LogP contribution in [0.4, 0.5) is 23.7 Å². The van der Waals surface area contributed by atoms with Crippen LogP contribution in [-0.2, 0) is 11.3 Å². The molecule has 8 nitrogen and oxygen atoms in total. The van der Waals surface area contributed by atoms with Gasteiger partial charge in [-0.25, -0.2) is 19.5 Å². The fourth-order valence-electron chi connectivity index (χ4n) is 3.48. The second kappa shape index (κ2) is 9.45. The lowest BCUT2D eigenvalue weighted by molar-refractivity contribution is -0.274. The van der Waals surface area contributed by atoms with E-state index >= 15 is 0 Å². The molecule has 1 saturated heterocycles. The van der Waals surface area contributed by atoms with Crippen molar-refractivity contribution < 1.29 is 37.0 Å². The molecule has 2 heterocycles. The number of esters is 1. The van der Waals surface area contributed by atoms with Crippen LogP contribution in [0.15, 0.2) is 72.9 Å². The SMILES string of the molecule is CC1C(=O)N(c2ccc(OC(F)(F)F)cc2)C(=O)N1Cc1ccnc(C(=O)Oc2ccccc2)c1. The minimum atomic E-state index is -4.86. The molecule has 3 aromatic rings. The molecule has 0 N–H and O–H groups in total. The van der Waals surface area contributed by atoms with E-state index in [1.165, 1.54) is 36.2 Å². The molecule has 0 spiro atoms. The Hall–Kier alpha value is -4.41. The van der Waals surface area contributed by atoms with E-state index in [1.54, 1.807) is 36.4 Å². The van der Waals surface area contributed by atoms with E-state index in [0.717, 1.165) is 17.0 Å². The molecule has 1 fully saturated rings. The topological polar surface area (TPSA) is 89.0 Å². The summed E-state index contributed by atoms with van der Waals surface area (Å²) in [6.07, 6.45) is -3.47. The summed E-state index contributed by atoms with van der Waals surface area (Å²) in [5.74, 6) is -1.35. The highest BCUT2D eigenvalue weighted by Crippen LogP contribution is 2.30. The third kappa shape index (κ3) is 5.40. The lowest BCUT2D eigenvalue weighted by Crippen LogP contribution is -2.33. The Bertz CT molecular complexity index is 1250. The van der Waals surface area contributed by atoms with Gasteiger partial charge in [-0.15, -0.1) is 13.2 Å². The van der Waals surface area contributed by atoms with Gasteiger partial charge in [0.2, 0.25) is 0 Å². The van der Waals surface area contributed by atoms with Crippen LogP contribution in [0.25, 0.3) is 0 Å². The standard InChI is InChI=1S/C24H18F3N3O5/c1-15-21(31)30(17-7-9-19(10-8-17)35-24(25,26)27)23(33)29(15)14-16-11-12-28-20(13-16)22(32)34-18-5-3-2-4-6-18/h2-13,15H,14H2,1H3. The van der Waals surface area contributed by atoms with Gasteiger partial charge in [0.05, 0.1) is 5.69 Å². The number of aromatic nitrogens is 1. The first-order chi connectivity index (χ1) is 16.6. The Morgan fingerprint density at radius 2 is 1.69 bits per heavy atom. The molecule has 0 bridgehead atoms. The number of nitrogens with zero attached hydrogens (tertiary/aromatic N) is 3. The molecule has 0 saturated carbocycles. The van der Waals surface area contributed by atoms with Gasteiger partial charge in [-0.3, -0.25) is 4.79 Å². The molecular weight excluding hydrogens is 467 g/mol. The number of benzene rings is 2. The quantitative estimate of drug-likeness (QED) is 0.289. The van der Waals surface area contributed by atoms with Crippen LogP contribution in [-0.4, -0.2) is 40.2 Å². The number of ether oxygens (including phenoxy) is 2. The maximum absolute atomic E-state index is 13.0. The zero-order valence-electron chi connectivity index (χ0n) is 18.2. The summed E-state index contributed by atoms with van der Waals surface area (Å²) in [6, 6.07) is 14.4. The van der Waals surface area contributed by atoms with Gasteiger partial charge in [0.1, 0.15) is 23.2 Å². The van der Waals surface area contributed by atoms with Crippen LogP contribution in [0.5, 0.6) is 11.5 Å². The lowest BCUT2D eigenvalue weighted by Gasteiger charge is -2.19. The molecule has 1 aliphatic heterocycles. The van der Waals surface area contributed by atoms with Crippen molar-refractivity contribution >= 4 is 23.6 Å². The normalized spacial score (nSPS) is 15.9. The fourth-order valence-corrected chi connectivity index (χ4v) is 3.48. The predicted molar refractivity (Wildman–Crippen MR) is 117 cm³/mol. The number of pyridine rings is 1. The number of anilines is 1. The van der Waals surface area contributed by atoms with Crippen LogP contribution in [0.1, 0.15) is 23.0 Å². The minimum Gasteiger partial charge on any atom is -0.422 e. The molecule has 35 heavy (non-hydrogen) atoms. The van der Waals surface area contributed by atoms with Crippen molar-refractivity contribution in [3.8, 4) is 11.5 Å². The Labute approximate surface area is 197 Å². The van der Waals surface area contributed by atoms with Crippen molar-refractivity contribution in [1.29, 1.82) is 0 Å². The van der Waals surface area contributed by atoms with Gasteiger partial charge in [0.15, 0.2) is 0 Å². The molecule has 0 radical (unpaired) electrons. The van der Waals surface area contributed by atoms with Crippen LogP contribution in [0.2, 0.25) is 0 Å². The maximum Gasteiger partial charge on any atom is 0.573 e. The molecule has 11 heteroatoms. The van der Waals surface area contributed by atoms with Gasteiger partial charge in [0, 0.05) is 12.7 Å². The number of hydrogen-bond acceptors (Lipinski definition) is 6. The zero-order valence-corrected chi connectivity index (χ0v) is 18.2. The van der Waals surface area contributed by atoms with E-state index in [1.807, 2.05) is 0 Å². The summed E-state index contributed by atoms with van der Waals surface area (Å²) in [4.78, 5) is 44.4. The summed E-state index contributed by atoms with van der Waals surface area (Å²) in [5.41, 5.74) is 0.656. The summed E-state index contributed by atoms with van der Waals surface area (Å²) in [6.45, 7) is 1.53. The second-order valence-corrected chi connectivity index (χ2v) is 7.55. The number of carbonyl (C=O) groups excluding carboxylic acids is 3. The van der Waals surface area contributed by atoms with Gasteiger partial charge in [0.25, 0.3) is 5.91 Å². The minimum absolute atomic E-state index is 0.00829. The van der Waals surface area contributed by atoms with E-state index < -0.39 is 36.1 Å². The molecule has 4 rings (SSSR count). The van der Waals surface area contributed by atoms with Crippen LogP contribution >= 0.6 is 0 Å². The molecular formula is C24H18F3N3O5. The van der Waals surface area contributed by atoms with Crippen molar-refractivity contribution in [1.82, 2.24) is 9.88 Å². The van der Waals surface area contributed by atoms with E-state index in [-0.39, 0.29) is 17.9 Å². The number of urea groups is 1. The second-order valence-electron chi connectivity index (χ2n) is 7.55. The highest BCUT2D eigenvalue weighted by molar-refractivity contribution is 6.21. The number of amides is 3. The van der Waals surface area contributed by atoms with Crippen molar-refractivity contribution in [2.24, 2.45) is 0 Å². The highest BCUT2D eigenvalue weighted by atomic mass is 19.4. The largest absolute Gasteiger partial charge is 0.573 e. The first kappa shape index (κ1) is 23.7. The molecule has 2 aromatic carbocycles. The van der Waals surface area contributed by atoms with Crippen LogP contribution in [0, 0.1) is 0 Å². The molecule has 1 aromatic heterocycles. The molecule has 3 amide bonds. The average Bonchev–Trinajstić information content (AvgIpc) is 3.03. The lowest BCUT2D eigenvalue weighted by atomic mass is 10.2. The third-order valence-electron chi connectivity index (χ3n) is 5.15. The molecule has 1 aliphatic rings. The Morgan fingerprint density at radius 3 is 2.34 bits per heavy atom. The third-order valence-corrected chi connectivity index (χ3v) is 5.15. The highest BCUT2D eigenvalue weighted by Gasteiger charge is 2.43. The van der Waals surface area contributed by atoms with Gasteiger partial charge >= 0.3 is 18.4 Å². The molecule has 0 aliphatic carbocycles. The average molecular weight is 485 g/mol. The number of imide groups is 1. The summed E-state index contributed by atoms with van der Waals surface area (Å²) in [5, 5.41) is 0. The van der Waals surface area contributed by atoms with Gasteiger partial charge < -0.3 is 14.4 Å². The summed E-state index contributed by atoms with van der Waals surface area (Å²) >= 11 is 0. The predicted octanol–water partition coefficient (Wildman–Crippen LogP) is 4.56. The molecule has 1 atom stereocenters. The maximum atomic E-state index is 13.0. The first-order valence-electron chi connectivity index (χ1n) is 10.3. The Kier molecular flexibility index (Phi) is 6.41. The van der Waals surface area contributed by atoms with Gasteiger partial charge in [-0.1, -0.05) is 18.2 Å². The van der Waals surface area contributed by atoms with Crippen LogP contribution < -0.4 is 14.4 Å². The fraction of sp³-hybridized carbons (Fsp3) is 0.167. The smallest absolute Gasteiger partial charge is 0.422 e. The van der Waals surface area contributed by atoms with E-state index in [0.29, 0.717) is 11.3 Å². The van der Waals surface area contributed by atoms with Crippen molar-refractivity contribution in [3.05, 3.63) is 84.2 Å². The number of carbonyl (C=O) groups is 3. The summed E-state index contributed by atoms with van der Waals surface area (Å²) < 4.78 is 46.2. The molecule has 1 unspecified atom stereocenters. The molecule has 180 valence electrons. The van der Waals surface area contributed by atoms with Crippen molar-refractivity contribution in [3.63, 3.8) is 0 Å². The number of para-hydroxylation sites is 1. The zero-order chi connectivity index (χ0) is 25.2. The van der Waals surface area contributed by atoms with E-state index in [4.69, 9.17) is 4.74 Å². The number of halogens is 3. The number of alkyl halides is 3. The van der Waals surface area contributed by atoms with E-state index in [9.17, 15) is 27.6 Å². The van der Waals surface area contributed by atoms with Crippen molar-refractivity contribution in [2.45, 2.75) is 25.9 Å². The number of rotatable bonds is 6. The Morgan fingerprint density at radius 1 is 1.00 bits per heavy atom. The number of hydrogen-bond donors (Lipinski definition) is 0. The monoisotopic (exact) mass is 485 g/mol. The van der Waals surface area contributed by atoms with Gasteiger partial charge in [-0.05, 0) is 61.0 Å². The Balaban J connectivity index is 1.48. The van der Waals surface area contributed by atoms with Crippen molar-refractivity contribution in [2.75, 3.05) is 4.90 Å². The van der Waals surface area contributed by atoms with E-state index in [2.05, 4.69) is 9.72 Å².